The molecule has 1 unspecified atom stereocenters. The van der Waals surface area contributed by atoms with Crippen molar-refractivity contribution in [1.29, 1.82) is 0 Å². The Bertz CT molecular complexity index is 767. The molecule has 1 aromatic carbocycles. The van der Waals surface area contributed by atoms with Gasteiger partial charge in [-0.2, -0.15) is 5.10 Å². The first-order valence-electron chi connectivity index (χ1n) is 6.13. The minimum atomic E-state index is -0.629. The molecule has 21 heavy (non-hydrogen) atoms. The molecular weight excluding hydrogens is 294 g/mol. The van der Waals surface area contributed by atoms with Gasteiger partial charge in [-0.15, -0.1) is 11.6 Å². The van der Waals surface area contributed by atoms with Gasteiger partial charge in [0, 0.05) is 11.8 Å². The molecule has 2 aromatic heterocycles. The van der Waals surface area contributed by atoms with Crippen LogP contribution < -0.4 is 0 Å². The van der Waals surface area contributed by atoms with E-state index < -0.39 is 10.3 Å². The molecule has 0 N–H and O–H groups in total. The molecule has 0 aliphatic carbocycles. The number of hydrogen-bond donors (Lipinski definition) is 0. The van der Waals surface area contributed by atoms with Crippen LogP contribution >= 0.6 is 11.6 Å². The summed E-state index contributed by atoms with van der Waals surface area (Å²) < 4.78 is 6.79. The van der Waals surface area contributed by atoms with Gasteiger partial charge < -0.3 is 4.42 Å². The summed E-state index contributed by atoms with van der Waals surface area (Å²) in [5.41, 5.74) is 1.60. The third-order valence-electron chi connectivity index (χ3n) is 2.96. The van der Waals surface area contributed by atoms with Gasteiger partial charge in [-0.05, 0) is 18.2 Å². The van der Waals surface area contributed by atoms with Gasteiger partial charge >= 0.3 is 5.88 Å². The average molecular weight is 304 g/mol. The van der Waals surface area contributed by atoms with Crippen molar-refractivity contribution in [3.63, 3.8) is 0 Å². The highest BCUT2D eigenvalue weighted by atomic mass is 35.5. The van der Waals surface area contributed by atoms with Gasteiger partial charge in [0.05, 0.1) is 18.0 Å². The molecule has 0 amide bonds. The standard InChI is InChI=1S/C14H10ClN3O3/c15-14(12-6-7-13(21-12)18(19)20)10-8-16-17(9-10)11-4-2-1-3-5-11/h1-9,14H. The van der Waals surface area contributed by atoms with Crippen LogP contribution in [0.5, 0.6) is 0 Å². The molecule has 0 saturated heterocycles. The number of furan rings is 1. The first kappa shape index (κ1) is 13.4. The van der Waals surface area contributed by atoms with Crippen LogP contribution in [0, 0.1) is 10.1 Å². The zero-order chi connectivity index (χ0) is 14.8. The summed E-state index contributed by atoms with van der Waals surface area (Å²) in [6.45, 7) is 0. The van der Waals surface area contributed by atoms with Crippen molar-refractivity contribution in [2.75, 3.05) is 0 Å². The van der Waals surface area contributed by atoms with Crippen molar-refractivity contribution in [3.8, 4) is 5.69 Å². The summed E-state index contributed by atoms with van der Waals surface area (Å²) in [5, 5.41) is 14.2. The number of nitro groups is 1. The second-order valence-corrected chi connectivity index (χ2v) is 4.79. The van der Waals surface area contributed by atoms with Crippen LogP contribution in [0.4, 0.5) is 5.88 Å². The molecule has 2 heterocycles. The Balaban J connectivity index is 1.87. The molecule has 0 aliphatic heterocycles. The fourth-order valence-corrected chi connectivity index (χ4v) is 2.16. The smallest absolute Gasteiger partial charge is 0.404 e. The Morgan fingerprint density at radius 2 is 2.00 bits per heavy atom. The quantitative estimate of drug-likeness (QED) is 0.418. The fourth-order valence-electron chi connectivity index (χ4n) is 1.93. The third-order valence-corrected chi connectivity index (χ3v) is 3.43. The van der Waals surface area contributed by atoms with Gasteiger partial charge in [0.1, 0.15) is 16.1 Å². The van der Waals surface area contributed by atoms with Crippen molar-refractivity contribution >= 4 is 17.5 Å². The fraction of sp³-hybridized carbons (Fsp3) is 0.0714. The van der Waals surface area contributed by atoms with Crippen LogP contribution in [-0.2, 0) is 0 Å². The first-order valence-corrected chi connectivity index (χ1v) is 6.57. The minimum absolute atomic E-state index is 0.316. The maximum Gasteiger partial charge on any atom is 0.433 e. The molecule has 3 aromatic rings. The van der Waals surface area contributed by atoms with E-state index in [9.17, 15) is 10.1 Å². The van der Waals surface area contributed by atoms with Gasteiger partial charge in [0.2, 0.25) is 0 Å². The van der Waals surface area contributed by atoms with E-state index in [1.807, 2.05) is 30.3 Å². The molecule has 6 nitrogen and oxygen atoms in total. The Hall–Kier alpha value is -2.60. The maximum atomic E-state index is 10.6. The lowest BCUT2D eigenvalue weighted by atomic mass is 10.2. The number of aromatic nitrogens is 2. The van der Waals surface area contributed by atoms with Crippen LogP contribution in [0.3, 0.4) is 0 Å². The van der Waals surface area contributed by atoms with E-state index in [1.165, 1.54) is 12.1 Å². The van der Waals surface area contributed by atoms with E-state index >= 15 is 0 Å². The Morgan fingerprint density at radius 3 is 2.67 bits per heavy atom. The summed E-state index contributed by atoms with van der Waals surface area (Å²) in [4.78, 5) is 10.0. The molecule has 106 valence electrons. The molecule has 1 atom stereocenters. The second kappa shape index (κ2) is 5.41. The Morgan fingerprint density at radius 1 is 1.24 bits per heavy atom. The number of benzene rings is 1. The van der Waals surface area contributed by atoms with Crippen molar-refractivity contribution < 1.29 is 9.34 Å². The van der Waals surface area contributed by atoms with E-state index in [2.05, 4.69) is 5.10 Å². The molecular formula is C14H10ClN3O3. The van der Waals surface area contributed by atoms with Crippen LogP contribution in [0.15, 0.2) is 59.3 Å². The summed E-state index contributed by atoms with van der Waals surface area (Å²) in [7, 11) is 0. The molecule has 0 saturated carbocycles. The largest absolute Gasteiger partial charge is 0.433 e. The van der Waals surface area contributed by atoms with E-state index in [-0.39, 0.29) is 5.88 Å². The predicted molar refractivity (Wildman–Crippen MR) is 76.6 cm³/mol. The monoisotopic (exact) mass is 303 g/mol. The van der Waals surface area contributed by atoms with Gasteiger partial charge in [0.15, 0.2) is 0 Å². The molecule has 0 fully saturated rings. The topological polar surface area (TPSA) is 74.1 Å². The lowest BCUT2D eigenvalue weighted by molar-refractivity contribution is -0.402. The van der Waals surface area contributed by atoms with Gasteiger partial charge in [0.25, 0.3) is 0 Å². The number of halogens is 1. The summed E-state index contributed by atoms with van der Waals surface area (Å²) >= 11 is 6.28. The average Bonchev–Trinajstić information content (AvgIpc) is 3.17. The van der Waals surface area contributed by atoms with Crippen LogP contribution in [0.1, 0.15) is 16.7 Å². The third kappa shape index (κ3) is 2.66. The Kier molecular flexibility index (Phi) is 3.45. The van der Waals surface area contributed by atoms with Crippen molar-refractivity contribution in [2.45, 2.75) is 5.38 Å². The van der Waals surface area contributed by atoms with E-state index in [0.29, 0.717) is 11.3 Å². The normalized spacial score (nSPS) is 12.2. The van der Waals surface area contributed by atoms with Crippen LogP contribution in [0.2, 0.25) is 0 Å². The molecule has 0 aliphatic rings. The number of nitrogens with zero attached hydrogens (tertiary/aromatic N) is 3. The molecule has 7 heteroatoms. The highest BCUT2D eigenvalue weighted by molar-refractivity contribution is 6.22. The second-order valence-electron chi connectivity index (χ2n) is 4.35. The highest BCUT2D eigenvalue weighted by Gasteiger charge is 2.20. The minimum Gasteiger partial charge on any atom is -0.404 e. The predicted octanol–water partition coefficient (Wildman–Crippen LogP) is 3.70. The highest BCUT2D eigenvalue weighted by Crippen LogP contribution is 2.32. The Labute approximate surface area is 124 Å². The number of rotatable bonds is 4. The summed E-state index contributed by atoms with van der Waals surface area (Å²) in [5.74, 6) is -0.0120. The zero-order valence-corrected chi connectivity index (χ0v) is 11.5. The van der Waals surface area contributed by atoms with E-state index in [4.69, 9.17) is 16.0 Å². The lowest BCUT2D eigenvalue weighted by Crippen LogP contribution is -1.93. The molecule has 0 bridgehead atoms. The van der Waals surface area contributed by atoms with E-state index in [1.54, 1.807) is 17.1 Å². The summed E-state index contributed by atoms with van der Waals surface area (Å²) in [6.07, 6.45) is 3.38. The van der Waals surface area contributed by atoms with Crippen LogP contribution in [-0.4, -0.2) is 14.7 Å². The van der Waals surface area contributed by atoms with Crippen molar-refractivity contribution in [2.24, 2.45) is 0 Å². The van der Waals surface area contributed by atoms with Gasteiger partial charge in [-0.1, -0.05) is 18.2 Å². The maximum absolute atomic E-state index is 10.6. The van der Waals surface area contributed by atoms with Crippen LogP contribution in [0.25, 0.3) is 5.69 Å². The molecule has 0 radical (unpaired) electrons. The van der Waals surface area contributed by atoms with Crippen molar-refractivity contribution in [1.82, 2.24) is 9.78 Å². The summed E-state index contributed by atoms with van der Waals surface area (Å²) in [6, 6.07) is 12.3. The van der Waals surface area contributed by atoms with Crippen molar-refractivity contribution in [3.05, 3.63) is 76.3 Å². The first-order chi connectivity index (χ1) is 10.1. The number of para-hydroxylation sites is 1. The molecule has 0 spiro atoms. The number of hydrogen-bond acceptors (Lipinski definition) is 4. The number of alkyl halides is 1. The SMILES string of the molecule is O=[N+]([O-])c1ccc(C(Cl)c2cnn(-c3ccccc3)c2)o1. The molecule has 3 rings (SSSR count). The van der Waals surface area contributed by atoms with E-state index in [0.717, 1.165) is 5.69 Å². The lowest BCUT2D eigenvalue weighted by Gasteiger charge is -2.02. The van der Waals surface area contributed by atoms with Gasteiger partial charge in [-0.25, -0.2) is 4.68 Å². The van der Waals surface area contributed by atoms with Gasteiger partial charge in [-0.3, -0.25) is 10.1 Å². The zero-order valence-electron chi connectivity index (χ0n) is 10.7.